The minimum Gasteiger partial charge on any atom is -0.486 e. The Hall–Kier alpha value is -2.28. The van der Waals surface area contributed by atoms with E-state index < -0.39 is 9.84 Å². The van der Waals surface area contributed by atoms with Crippen molar-refractivity contribution in [3.63, 3.8) is 0 Å². The highest BCUT2D eigenvalue weighted by Crippen LogP contribution is 2.43. The lowest BCUT2D eigenvalue weighted by molar-refractivity contribution is 0.0888. The van der Waals surface area contributed by atoms with Gasteiger partial charge in [-0.15, -0.1) is 0 Å². The van der Waals surface area contributed by atoms with Crippen molar-refractivity contribution in [1.29, 1.82) is 0 Å². The molecule has 0 N–H and O–H groups in total. The Labute approximate surface area is 146 Å². The number of rotatable bonds is 3. The van der Waals surface area contributed by atoms with Crippen LogP contribution in [0.15, 0.2) is 34.1 Å². The van der Waals surface area contributed by atoms with Crippen molar-refractivity contribution in [2.45, 2.75) is 31.3 Å². The number of pyridine rings is 1. The lowest BCUT2D eigenvalue weighted by Crippen LogP contribution is -2.28. The van der Waals surface area contributed by atoms with E-state index in [1.807, 2.05) is 6.92 Å². The number of sulfone groups is 1. The quantitative estimate of drug-likeness (QED) is 0.837. The first-order valence-electron chi connectivity index (χ1n) is 8.06. The van der Waals surface area contributed by atoms with Gasteiger partial charge in [-0.1, -0.05) is 6.92 Å². The summed E-state index contributed by atoms with van der Waals surface area (Å²) < 4.78 is 37.4. The number of benzene rings is 1. The van der Waals surface area contributed by atoms with E-state index in [2.05, 4.69) is 0 Å². The van der Waals surface area contributed by atoms with E-state index in [-0.39, 0.29) is 16.6 Å². The van der Waals surface area contributed by atoms with Crippen LogP contribution < -0.4 is 15.0 Å². The molecule has 1 atom stereocenters. The maximum Gasteiger partial charge on any atom is 0.253 e. The second kappa shape index (κ2) is 6.22. The first-order chi connectivity index (χ1) is 11.7. The zero-order valence-corrected chi connectivity index (χ0v) is 15.5. The van der Waals surface area contributed by atoms with Crippen molar-refractivity contribution in [3.05, 3.63) is 40.3 Å². The normalized spacial score (nSPS) is 16.7. The number of hydrogen-bond acceptors (Lipinski definition) is 5. The van der Waals surface area contributed by atoms with Crippen LogP contribution in [0.2, 0.25) is 0 Å². The van der Waals surface area contributed by atoms with E-state index in [1.165, 1.54) is 10.6 Å². The fourth-order valence-electron chi connectivity index (χ4n) is 2.84. The summed E-state index contributed by atoms with van der Waals surface area (Å²) in [7, 11) is -1.75. The number of ether oxygens (including phenoxy) is 2. The number of nitrogens with zero attached hydrogens (tertiary/aromatic N) is 1. The van der Waals surface area contributed by atoms with E-state index >= 15 is 0 Å². The van der Waals surface area contributed by atoms with Crippen molar-refractivity contribution in [1.82, 2.24) is 4.57 Å². The van der Waals surface area contributed by atoms with Gasteiger partial charge in [0.05, 0.1) is 4.90 Å². The van der Waals surface area contributed by atoms with Gasteiger partial charge in [0.1, 0.15) is 12.7 Å². The molecule has 134 valence electrons. The maximum absolute atomic E-state index is 12.1. The molecule has 1 aromatic carbocycles. The van der Waals surface area contributed by atoms with E-state index in [9.17, 15) is 13.2 Å². The molecule has 1 aliphatic rings. The SMILES string of the molecule is CCC1COc2cc(S(C)(=O)=O)cc(-c3cc(C)c(=O)n(C)c3)c2O1. The fourth-order valence-corrected chi connectivity index (χ4v) is 3.50. The predicted octanol–water partition coefficient (Wildman–Crippen LogP) is 2.31. The van der Waals surface area contributed by atoms with Crippen LogP contribution in [0.4, 0.5) is 0 Å². The van der Waals surface area contributed by atoms with Crippen LogP contribution in [-0.2, 0) is 16.9 Å². The largest absolute Gasteiger partial charge is 0.486 e. The first-order valence-corrected chi connectivity index (χ1v) is 9.95. The Balaban J connectivity index is 2.29. The Morgan fingerprint density at radius 3 is 2.60 bits per heavy atom. The smallest absolute Gasteiger partial charge is 0.253 e. The van der Waals surface area contributed by atoms with Gasteiger partial charge in [0.2, 0.25) is 0 Å². The second-order valence-corrected chi connectivity index (χ2v) is 8.37. The highest BCUT2D eigenvalue weighted by Gasteiger charge is 2.26. The lowest BCUT2D eigenvalue weighted by Gasteiger charge is -2.28. The molecule has 25 heavy (non-hydrogen) atoms. The molecule has 0 spiro atoms. The van der Waals surface area contributed by atoms with E-state index in [4.69, 9.17) is 9.47 Å². The van der Waals surface area contributed by atoms with Gasteiger partial charge in [-0.3, -0.25) is 4.79 Å². The molecular formula is C18H21NO5S. The summed E-state index contributed by atoms with van der Waals surface area (Å²) in [4.78, 5) is 12.1. The summed E-state index contributed by atoms with van der Waals surface area (Å²) in [5, 5.41) is 0. The molecule has 0 aliphatic carbocycles. The third-order valence-corrected chi connectivity index (χ3v) is 5.39. The van der Waals surface area contributed by atoms with Crippen LogP contribution in [-0.4, -0.2) is 32.0 Å². The average Bonchev–Trinajstić information content (AvgIpc) is 2.56. The van der Waals surface area contributed by atoms with Gasteiger partial charge in [-0.2, -0.15) is 0 Å². The van der Waals surface area contributed by atoms with Crippen LogP contribution in [0.5, 0.6) is 11.5 Å². The van der Waals surface area contributed by atoms with Crippen LogP contribution in [0.1, 0.15) is 18.9 Å². The molecule has 1 aliphatic heterocycles. The highest BCUT2D eigenvalue weighted by molar-refractivity contribution is 7.90. The maximum atomic E-state index is 12.1. The van der Waals surface area contributed by atoms with Crippen LogP contribution in [0.25, 0.3) is 11.1 Å². The van der Waals surface area contributed by atoms with Gasteiger partial charge < -0.3 is 14.0 Å². The summed E-state index contributed by atoms with van der Waals surface area (Å²) in [6, 6.07) is 4.81. The van der Waals surface area contributed by atoms with Gasteiger partial charge in [-0.25, -0.2) is 8.42 Å². The Morgan fingerprint density at radius 1 is 1.28 bits per heavy atom. The van der Waals surface area contributed by atoms with Crippen molar-refractivity contribution in [2.24, 2.45) is 7.05 Å². The number of fused-ring (bicyclic) bond motifs is 1. The molecule has 0 saturated carbocycles. The third-order valence-electron chi connectivity index (χ3n) is 4.29. The molecule has 0 fully saturated rings. The highest BCUT2D eigenvalue weighted by atomic mass is 32.2. The molecule has 0 bridgehead atoms. The molecular weight excluding hydrogens is 342 g/mol. The average molecular weight is 363 g/mol. The summed E-state index contributed by atoms with van der Waals surface area (Å²) in [6.07, 6.45) is 3.52. The summed E-state index contributed by atoms with van der Waals surface area (Å²) in [5.74, 6) is 0.928. The van der Waals surface area contributed by atoms with Crippen LogP contribution in [0, 0.1) is 6.92 Å². The van der Waals surface area contributed by atoms with E-state index in [1.54, 1.807) is 32.3 Å². The third kappa shape index (κ3) is 3.28. The van der Waals surface area contributed by atoms with Crippen LogP contribution >= 0.6 is 0 Å². The van der Waals surface area contributed by atoms with E-state index in [0.717, 1.165) is 12.7 Å². The molecule has 3 rings (SSSR count). The minimum absolute atomic E-state index is 0.0936. The Kier molecular flexibility index (Phi) is 4.36. The summed E-state index contributed by atoms with van der Waals surface area (Å²) in [6.45, 7) is 4.10. The summed E-state index contributed by atoms with van der Waals surface area (Å²) >= 11 is 0. The molecule has 0 amide bonds. The van der Waals surface area contributed by atoms with Crippen molar-refractivity contribution < 1.29 is 17.9 Å². The van der Waals surface area contributed by atoms with Gasteiger partial charge in [0.25, 0.3) is 5.56 Å². The van der Waals surface area contributed by atoms with E-state index in [0.29, 0.717) is 34.8 Å². The molecule has 6 nitrogen and oxygen atoms in total. The zero-order chi connectivity index (χ0) is 18.4. The molecule has 0 saturated heterocycles. The van der Waals surface area contributed by atoms with Crippen molar-refractivity contribution >= 4 is 9.84 Å². The predicted molar refractivity (Wildman–Crippen MR) is 95.2 cm³/mol. The topological polar surface area (TPSA) is 74.6 Å². The van der Waals surface area contributed by atoms with Crippen molar-refractivity contribution in [2.75, 3.05) is 12.9 Å². The standard InChI is InChI=1S/C18H21NO5S/c1-5-13-10-23-16-8-14(25(4,21)22)7-15(17(16)24-13)12-6-11(2)18(20)19(3)9-12/h6-9,13H,5,10H2,1-4H3. The molecule has 2 heterocycles. The van der Waals surface area contributed by atoms with Gasteiger partial charge in [0, 0.05) is 42.3 Å². The Bertz CT molecular complexity index is 965. The number of hydrogen-bond donors (Lipinski definition) is 0. The molecule has 0 radical (unpaired) electrons. The van der Waals surface area contributed by atoms with Gasteiger partial charge >= 0.3 is 0 Å². The van der Waals surface area contributed by atoms with Gasteiger partial charge in [-0.05, 0) is 25.5 Å². The molecule has 1 aromatic heterocycles. The molecule has 1 unspecified atom stereocenters. The zero-order valence-electron chi connectivity index (χ0n) is 14.7. The first kappa shape index (κ1) is 17.5. The minimum atomic E-state index is -3.42. The second-order valence-electron chi connectivity index (χ2n) is 6.36. The molecule has 2 aromatic rings. The van der Waals surface area contributed by atoms with Gasteiger partial charge in [0.15, 0.2) is 21.3 Å². The van der Waals surface area contributed by atoms with Crippen LogP contribution in [0.3, 0.4) is 0 Å². The van der Waals surface area contributed by atoms with Crippen molar-refractivity contribution in [3.8, 4) is 22.6 Å². The monoisotopic (exact) mass is 363 g/mol. The number of aryl methyl sites for hydroxylation is 2. The number of aromatic nitrogens is 1. The Morgan fingerprint density at radius 2 is 2.00 bits per heavy atom. The summed E-state index contributed by atoms with van der Waals surface area (Å²) in [5.41, 5.74) is 1.79. The lowest BCUT2D eigenvalue weighted by atomic mass is 10.0. The molecule has 7 heteroatoms. The fraction of sp³-hybridized carbons (Fsp3) is 0.389.